The largest absolute Gasteiger partial charge is 0.462 e. The highest BCUT2D eigenvalue weighted by Gasteiger charge is 2.14. The Labute approximate surface area is 114 Å². The lowest BCUT2D eigenvalue weighted by molar-refractivity contribution is 0.0524. The molecule has 0 fully saturated rings. The number of hydrogen-bond acceptors (Lipinski definition) is 6. The minimum absolute atomic E-state index is 0.192. The van der Waals surface area contributed by atoms with Crippen molar-refractivity contribution in [1.82, 2.24) is 19.7 Å². The lowest BCUT2D eigenvalue weighted by Gasteiger charge is -2.05. The molecule has 0 bridgehead atoms. The Morgan fingerprint density at radius 2 is 2.32 bits per heavy atom. The summed E-state index contributed by atoms with van der Waals surface area (Å²) in [6.45, 7) is 3.72. The Morgan fingerprint density at radius 3 is 2.84 bits per heavy atom. The van der Waals surface area contributed by atoms with Gasteiger partial charge in [-0.3, -0.25) is 0 Å². The van der Waals surface area contributed by atoms with E-state index in [1.165, 1.54) is 17.1 Å². The number of carbonyl (C=O) groups excluding carboxylic acids is 1. The normalized spacial score (nSPS) is 10.5. The van der Waals surface area contributed by atoms with Crippen molar-refractivity contribution < 1.29 is 9.53 Å². The molecule has 0 spiro atoms. The molecule has 0 radical (unpaired) electrons. The van der Waals surface area contributed by atoms with Gasteiger partial charge in [-0.05, 0) is 13.8 Å². The summed E-state index contributed by atoms with van der Waals surface area (Å²) in [4.78, 5) is 19.8. The zero-order chi connectivity index (χ0) is 14.0. The molecule has 7 nitrogen and oxygen atoms in total. The topological polar surface area (TPSA) is 95.9 Å². The molecule has 100 valence electrons. The van der Waals surface area contributed by atoms with Gasteiger partial charge < -0.3 is 10.5 Å². The second-order valence-corrected chi connectivity index (χ2v) is 4.10. The van der Waals surface area contributed by atoms with Crippen LogP contribution in [0.2, 0.25) is 5.02 Å². The van der Waals surface area contributed by atoms with Crippen LogP contribution >= 0.6 is 11.6 Å². The van der Waals surface area contributed by atoms with Crippen LogP contribution in [0.3, 0.4) is 0 Å². The quantitative estimate of drug-likeness (QED) is 0.854. The van der Waals surface area contributed by atoms with Gasteiger partial charge in [0.25, 0.3) is 5.95 Å². The van der Waals surface area contributed by atoms with Gasteiger partial charge >= 0.3 is 5.97 Å². The number of ether oxygens (including phenoxy) is 1. The molecule has 0 aliphatic carbocycles. The van der Waals surface area contributed by atoms with Gasteiger partial charge in [0.05, 0.1) is 24.1 Å². The van der Waals surface area contributed by atoms with E-state index in [2.05, 4.69) is 15.1 Å². The molecule has 0 atom stereocenters. The van der Waals surface area contributed by atoms with E-state index in [1.54, 1.807) is 13.8 Å². The third kappa shape index (κ3) is 2.65. The molecule has 0 unspecified atom stereocenters. The summed E-state index contributed by atoms with van der Waals surface area (Å²) >= 11 is 5.80. The molecule has 0 aliphatic heterocycles. The predicted octanol–water partition coefficient (Wildman–Crippen LogP) is 1.38. The van der Waals surface area contributed by atoms with Crippen molar-refractivity contribution in [2.24, 2.45) is 0 Å². The van der Waals surface area contributed by atoms with Crippen LogP contribution in [0.1, 0.15) is 23.0 Å². The Hall–Kier alpha value is -2.15. The lowest BCUT2D eigenvalue weighted by atomic mass is 10.2. The SMILES string of the molecule is CCOC(=O)c1cnc(-n2cc(Cl)c(N)n2)nc1C. The third-order valence-corrected chi connectivity index (χ3v) is 2.65. The average molecular weight is 282 g/mol. The minimum Gasteiger partial charge on any atom is -0.462 e. The molecular formula is C11H12ClN5O2. The van der Waals surface area contributed by atoms with Crippen LogP contribution < -0.4 is 5.73 Å². The summed E-state index contributed by atoms with van der Waals surface area (Å²) in [6.07, 6.45) is 2.89. The first-order chi connectivity index (χ1) is 9.02. The Bertz CT molecular complexity index is 606. The first-order valence-electron chi connectivity index (χ1n) is 5.54. The maximum atomic E-state index is 11.6. The van der Waals surface area contributed by atoms with E-state index in [4.69, 9.17) is 22.1 Å². The van der Waals surface area contributed by atoms with E-state index < -0.39 is 5.97 Å². The molecule has 2 N–H and O–H groups in total. The lowest BCUT2D eigenvalue weighted by Crippen LogP contribution is -2.11. The van der Waals surface area contributed by atoms with E-state index in [1.807, 2.05) is 0 Å². The molecular weight excluding hydrogens is 270 g/mol. The van der Waals surface area contributed by atoms with Crippen molar-refractivity contribution in [2.75, 3.05) is 12.3 Å². The van der Waals surface area contributed by atoms with Gasteiger partial charge in [0, 0.05) is 6.20 Å². The number of nitrogens with zero attached hydrogens (tertiary/aromatic N) is 4. The summed E-state index contributed by atoms with van der Waals surface area (Å²) < 4.78 is 6.24. The van der Waals surface area contributed by atoms with Crippen molar-refractivity contribution in [3.63, 3.8) is 0 Å². The van der Waals surface area contributed by atoms with E-state index in [0.29, 0.717) is 22.9 Å². The van der Waals surface area contributed by atoms with Gasteiger partial charge in [-0.25, -0.2) is 19.4 Å². The highest BCUT2D eigenvalue weighted by atomic mass is 35.5. The van der Waals surface area contributed by atoms with Crippen molar-refractivity contribution >= 4 is 23.4 Å². The van der Waals surface area contributed by atoms with Crippen LogP contribution in [-0.2, 0) is 4.74 Å². The van der Waals surface area contributed by atoms with Gasteiger partial charge in [-0.15, -0.1) is 5.10 Å². The monoisotopic (exact) mass is 281 g/mol. The number of aryl methyl sites for hydroxylation is 1. The average Bonchev–Trinajstić information content (AvgIpc) is 2.69. The molecule has 2 aromatic rings. The standard InChI is InChI=1S/C11H12ClN5O2/c1-3-19-10(18)7-4-14-11(15-6(7)2)17-5-8(12)9(13)16-17/h4-5H,3H2,1-2H3,(H2,13,16). The molecule has 0 amide bonds. The number of halogens is 1. The first kappa shape index (κ1) is 13.3. The maximum Gasteiger partial charge on any atom is 0.341 e. The molecule has 0 aromatic carbocycles. The van der Waals surface area contributed by atoms with E-state index >= 15 is 0 Å². The molecule has 0 aliphatic rings. The fourth-order valence-corrected chi connectivity index (χ4v) is 1.57. The second kappa shape index (κ2) is 5.23. The minimum atomic E-state index is -0.454. The van der Waals surface area contributed by atoms with Crippen LogP contribution in [0.25, 0.3) is 5.95 Å². The third-order valence-electron chi connectivity index (χ3n) is 2.36. The van der Waals surface area contributed by atoms with E-state index in [9.17, 15) is 4.79 Å². The number of nitrogen functional groups attached to an aromatic ring is 1. The number of rotatable bonds is 3. The van der Waals surface area contributed by atoms with Crippen molar-refractivity contribution in [1.29, 1.82) is 0 Å². The van der Waals surface area contributed by atoms with Gasteiger partial charge in [-0.1, -0.05) is 11.6 Å². The van der Waals surface area contributed by atoms with Crippen LogP contribution in [0, 0.1) is 6.92 Å². The van der Waals surface area contributed by atoms with Crippen molar-refractivity contribution in [2.45, 2.75) is 13.8 Å². The Kier molecular flexibility index (Phi) is 3.66. The Balaban J connectivity index is 2.36. The number of carbonyl (C=O) groups is 1. The van der Waals surface area contributed by atoms with E-state index in [-0.39, 0.29) is 11.8 Å². The summed E-state index contributed by atoms with van der Waals surface area (Å²) in [7, 11) is 0. The molecule has 0 saturated carbocycles. The molecule has 2 aromatic heterocycles. The fraction of sp³-hybridized carbons (Fsp3) is 0.273. The molecule has 8 heteroatoms. The molecule has 19 heavy (non-hydrogen) atoms. The summed E-state index contributed by atoms with van der Waals surface area (Å²) in [5.41, 5.74) is 6.35. The van der Waals surface area contributed by atoms with Gasteiger partial charge in [-0.2, -0.15) is 0 Å². The number of esters is 1. The number of hydrogen-bond donors (Lipinski definition) is 1. The second-order valence-electron chi connectivity index (χ2n) is 3.70. The predicted molar refractivity (Wildman–Crippen MR) is 69.3 cm³/mol. The van der Waals surface area contributed by atoms with E-state index in [0.717, 1.165) is 0 Å². The Morgan fingerprint density at radius 1 is 1.58 bits per heavy atom. The van der Waals surface area contributed by atoms with Crippen LogP contribution in [-0.4, -0.2) is 32.3 Å². The molecule has 2 heterocycles. The van der Waals surface area contributed by atoms with Crippen molar-refractivity contribution in [3.05, 3.63) is 28.7 Å². The zero-order valence-electron chi connectivity index (χ0n) is 10.4. The number of aromatic nitrogens is 4. The molecule has 2 rings (SSSR count). The number of nitrogens with two attached hydrogens (primary N) is 1. The molecule has 0 saturated heterocycles. The smallest absolute Gasteiger partial charge is 0.341 e. The van der Waals surface area contributed by atoms with Gasteiger partial charge in [0.1, 0.15) is 5.02 Å². The van der Waals surface area contributed by atoms with Gasteiger partial charge in [0.15, 0.2) is 5.82 Å². The first-order valence-corrected chi connectivity index (χ1v) is 5.92. The summed E-state index contributed by atoms with van der Waals surface area (Å²) in [6, 6.07) is 0. The number of anilines is 1. The summed E-state index contributed by atoms with van der Waals surface area (Å²) in [5, 5.41) is 4.27. The highest BCUT2D eigenvalue weighted by Crippen LogP contribution is 2.17. The van der Waals surface area contributed by atoms with Crippen LogP contribution in [0.5, 0.6) is 0 Å². The van der Waals surface area contributed by atoms with Crippen molar-refractivity contribution in [3.8, 4) is 5.95 Å². The fourth-order valence-electron chi connectivity index (χ4n) is 1.44. The summed E-state index contributed by atoms with van der Waals surface area (Å²) in [5.74, 6) is 0.0195. The maximum absolute atomic E-state index is 11.6. The highest BCUT2D eigenvalue weighted by molar-refractivity contribution is 6.32. The zero-order valence-corrected chi connectivity index (χ0v) is 11.2. The van der Waals surface area contributed by atoms with Gasteiger partial charge in [0.2, 0.25) is 0 Å². The van der Waals surface area contributed by atoms with Crippen LogP contribution in [0.4, 0.5) is 5.82 Å². The van der Waals surface area contributed by atoms with Crippen LogP contribution in [0.15, 0.2) is 12.4 Å².